The van der Waals surface area contributed by atoms with Gasteiger partial charge in [0.15, 0.2) is 0 Å². The van der Waals surface area contributed by atoms with Crippen molar-refractivity contribution in [3.8, 4) is 0 Å². The third-order valence-corrected chi connectivity index (χ3v) is 2.30. The van der Waals surface area contributed by atoms with E-state index in [0.29, 0.717) is 6.61 Å². The number of aliphatic hydroxyl groups is 1. The summed E-state index contributed by atoms with van der Waals surface area (Å²) < 4.78 is 11.3. The van der Waals surface area contributed by atoms with Gasteiger partial charge >= 0.3 is 0 Å². The first-order valence-electron chi connectivity index (χ1n) is 5.91. The maximum atomic E-state index is 9.12. The molecule has 0 heterocycles. The van der Waals surface area contributed by atoms with Gasteiger partial charge in [0.05, 0.1) is 24.4 Å². The maximum Gasteiger partial charge on any atom is 0.105 e. The van der Waals surface area contributed by atoms with E-state index in [-0.39, 0.29) is 17.9 Å². The van der Waals surface area contributed by atoms with E-state index in [1.54, 1.807) is 6.92 Å². The molecule has 0 saturated carbocycles. The molecular formula is C12H27NO3. The first kappa shape index (κ1) is 15.8. The van der Waals surface area contributed by atoms with Crippen molar-refractivity contribution in [1.82, 2.24) is 5.32 Å². The van der Waals surface area contributed by atoms with E-state index >= 15 is 0 Å². The fourth-order valence-electron chi connectivity index (χ4n) is 1.64. The van der Waals surface area contributed by atoms with Crippen molar-refractivity contribution in [1.29, 1.82) is 0 Å². The monoisotopic (exact) mass is 233 g/mol. The quantitative estimate of drug-likeness (QED) is 0.624. The first-order valence-corrected chi connectivity index (χ1v) is 5.91. The lowest BCUT2D eigenvalue weighted by Gasteiger charge is -2.31. The Balaban J connectivity index is 3.94. The van der Waals surface area contributed by atoms with Gasteiger partial charge in [0.1, 0.15) is 6.23 Å². The van der Waals surface area contributed by atoms with Crippen LogP contribution in [0.4, 0.5) is 0 Å². The van der Waals surface area contributed by atoms with Crippen LogP contribution in [0.5, 0.6) is 0 Å². The average Bonchev–Trinajstić information content (AvgIpc) is 2.13. The van der Waals surface area contributed by atoms with Gasteiger partial charge in [0.2, 0.25) is 0 Å². The van der Waals surface area contributed by atoms with Crippen molar-refractivity contribution in [2.45, 2.75) is 65.1 Å². The SMILES string of the molecule is CNC(C)OC(C)(C)CC(C)OCC(C)O. The predicted octanol–water partition coefficient (Wildman–Crippen LogP) is 1.52. The number of hydrogen-bond donors (Lipinski definition) is 2. The average molecular weight is 233 g/mol. The van der Waals surface area contributed by atoms with Crippen LogP contribution in [0.3, 0.4) is 0 Å². The van der Waals surface area contributed by atoms with Crippen molar-refractivity contribution in [2.75, 3.05) is 13.7 Å². The molecule has 0 amide bonds. The Labute approximate surface area is 99.3 Å². The van der Waals surface area contributed by atoms with E-state index < -0.39 is 6.10 Å². The summed E-state index contributed by atoms with van der Waals surface area (Å²) in [7, 11) is 1.87. The molecule has 2 N–H and O–H groups in total. The molecule has 4 nitrogen and oxygen atoms in total. The number of ether oxygens (including phenoxy) is 2. The lowest BCUT2D eigenvalue weighted by Crippen LogP contribution is -2.38. The second-order valence-electron chi connectivity index (χ2n) is 5.01. The molecule has 3 unspecified atom stereocenters. The van der Waals surface area contributed by atoms with E-state index in [4.69, 9.17) is 14.6 Å². The van der Waals surface area contributed by atoms with Crippen molar-refractivity contribution in [3.63, 3.8) is 0 Å². The molecule has 0 aliphatic rings. The largest absolute Gasteiger partial charge is 0.391 e. The molecule has 0 bridgehead atoms. The van der Waals surface area contributed by atoms with Crippen LogP contribution in [0.15, 0.2) is 0 Å². The number of nitrogens with one attached hydrogen (secondary N) is 1. The van der Waals surface area contributed by atoms with Crippen LogP contribution in [0.2, 0.25) is 0 Å². The summed E-state index contributed by atoms with van der Waals surface area (Å²) in [6.45, 7) is 10.2. The Kier molecular flexibility index (Phi) is 7.15. The van der Waals surface area contributed by atoms with Gasteiger partial charge in [-0.3, -0.25) is 5.32 Å². The summed E-state index contributed by atoms with van der Waals surface area (Å²) >= 11 is 0. The predicted molar refractivity (Wildman–Crippen MR) is 65.4 cm³/mol. The smallest absolute Gasteiger partial charge is 0.105 e. The third kappa shape index (κ3) is 8.05. The maximum absolute atomic E-state index is 9.12. The summed E-state index contributed by atoms with van der Waals surface area (Å²) in [6, 6.07) is 0. The second kappa shape index (κ2) is 7.22. The number of aliphatic hydroxyl groups excluding tert-OH is 1. The van der Waals surface area contributed by atoms with Crippen LogP contribution in [-0.4, -0.2) is 42.8 Å². The van der Waals surface area contributed by atoms with Crippen LogP contribution < -0.4 is 5.32 Å². The summed E-state index contributed by atoms with van der Waals surface area (Å²) in [6.07, 6.45) is 0.487. The first-order chi connectivity index (χ1) is 7.26. The van der Waals surface area contributed by atoms with Crippen LogP contribution in [0.25, 0.3) is 0 Å². The molecule has 0 saturated heterocycles. The molecule has 0 aromatic carbocycles. The fourth-order valence-corrected chi connectivity index (χ4v) is 1.64. The van der Waals surface area contributed by atoms with Gasteiger partial charge in [-0.25, -0.2) is 0 Å². The lowest BCUT2D eigenvalue weighted by atomic mass is 10.0. The lowest BCUT2D eigenvalue weighted by molar-refractivity contribution is -0.106. The van der Waals surface area contributed by atoms with E-state index in [9.17, 15) is 0 Å². The molecule has 16 heavy (non-hydrogen) atoms. The van der Waals surface area contributed by atoms with E-state index in [1.807, 2.05) is 34.7 Å². The minimum absolute atomic E-state index is 0.0268. The zero-order chi connectivity index (χ0) is 12.8. The summed E-state index contributed by atoms with van der Waals surface area (Å²) in [5.74, 6) is 0. The van der Waals surface area contributed by atoms with Crippen molar-refractivity contribution in [2.24, 2.45) is 0 Å². The molecule has 0 fully saturated rings. The van der Waals surface area contributed by atoms with Crippen LogP contribution >= 0.6 is 0 Å². The van der Waals surface area contributed by atoms with Gasteiger partial charge < -0.3 is 14.6 Å². The van der Waals surface area contributed by atoms with Gasteiger partial charge in [-0.05, 0) is 41.7 Å². The standard InChI is InChI=1S/C12H27NO3/c1-9(14)8-15-10(2)7-12(4,5)16-11(3)13-6/h9-11,13-14H,7-8H2,1-6H3. The van der Waals surface area contributed by atoms with Gasteiger partial charge in [-0.15, -0.1) is 0 Å². The van der Waals surface area contributed by atoms with Crippen LogP contribution in [0, 0.1) is 0 Å². The molecule has 0 aliphatic carbocycles. The van der Waals surface area contributed by atoms with Crippen molar-refractivity contribution >= 4 is 0 Å². The van der Waals surface area contributed by atoms with Crippen molar-refractivity contribution in [3.05, 3.63) is 0 Å². The van der Waals surface area contributed by atoms with Gasteiger partial charge in [0.25, 0.3) is 0 Å². The van der Waals surface area contributed by atoms with Gasteiger partial charge in [0, 0.05) is 6.42 Å². The molecule has 0 aliphatic heterocycles. The third-order valence-electron chi connectivity index (χ3n) is 2.30. The molecular weight excluding hydrogens is 206 g/mol. The highest BCUT2D eigenvalue weighted by Gasteiger charge is 2.24. The van der Waals surface area contributed by atoms with Crippen LogP contribution in [-0.2, 0) is 9.47 Å². The van der Waals surface area contributed by atoms with Gasteiger partial charge in [-0.1, -0.05) is 0 Å². The minimum atomic E-state index is -0.414. The molecule has 0 radical (unpaired) electrons. The summed E-state index contributed by atoms with van der Waals surface area (Å²) in [4.78, 5) is 0. The van der Waals surface area contributed by atoms with E-state index in [2.05, 4.69) is 5.32 Å². The summed E-state index contributed by atoms with van der Waals surface area (Å²) in [5, 5.41) is 12.2. The molecule has 0 spiro atoms. The highest BCUT2D eigenvalue weighted by molar-refractivity contribution is 4.73. The topological polar surface area (TPSA) is 50.7 Å². The molecule has 3 atom stereocenters. The second-order valence-corrected chi connectivity index (χ2v) is 5.01. The summed E-state index contributed by atoms with van der Waals surface area (Å²) in [5.41, 5.74) is -0.236. The highest BCUT2D eigenvalue weighted by atomic mass is 16.5. The minimum Gasteiger partial charge on any atom is -0.391 e. The Hall–Kier alpha value is -0.160. The number of hydrogen-bond acceptors (Lipinski definition) is 4. The van der Waals surface area contributed by atoms with Crippen molar-refractivity contribution < 1.29 is 14.6 Å². The molecule has 0 aromatic rings. The Morgan fingerprint density at radius 2 is 1.81 bits per heavy atom. The van der Waals surface area contributed by atoms with E-state index in [0.717, 1.165) is 6.42 Å². The Morgan fingerprint density at radius 1 is 1.25 bits per heavy atom. The fraction of sp³-hybridized carbons (Fsp3) is 1.00. The molecule has 98 valence electrons. The number of rotatable bonds is 8. The Bertz CT molecular complexity index is 183. The molecule has 0 rings (SSSR count). The highest BCUT2D eigenvalue weighted by Crippen LogP contribution is 2.19. The van der Waals surface area contributed by atoms with E-state index in [1.165, 1.54) is 0 Å². The normalized spacial score (nSPS) is 18.2. The zero-order valence-electron chi connectivity index (χ0n) is 11.4. The van der Waals surface area contributed by atoms with Gasteiger partial charge in [-0.2, -0.15) is 0 Å². The molecule has 0 aromatic heterocycles. The zero-order valence-corrected chi connectivity index (χ0v) is 11.4. The van der Waals surface area contributed by atoms with Crippen LogP contribution in [0.1, 0.15) is 41.0 Å². The Morgan fingerprint density at radius 3 is 2.25 bits per heavy atom. The molecule has 4 heteroatoms.